The van der Waals surface area contributed by atoms with E-state index in [2.05, 4.69) is 12.7 Å². The number of carbonyl (C=O) groups excluding carboxylic acids is 1. The quantitative estimate of drug-likeness (QED) is 0.0208. The first-order chi connectivity index (χ1) is 35.8. The number of aliphatic hydroxyl groups is 2. The van der Waals surface area contributed by atoms with E-state index in [1.807, 2.05) is 50.2 Å². The number of benzene rings is 5. The summed E-state index contributed by atoms with van der Waals surface area (Å²) in [7, 11) is 0. The van der Waals surface area contributed by atoms with E-state index in [0.29, 0.717) is 65.3 Å². The molecule has 0 saturated heterocycles. The highest BCUT2D eigenvalue weighted by molar-refractivity contribution is 6.03. The molecule has 6 unspecified atom stereocenters. The third-order valence-electron chi connectivity index (χ3n) is 14.4. The van der Waals surface area contributed by atoms with Crippen LogP contribution in [0.3, 0.4) is 0 Å². The van der Waals surface area contributed by atoms with Gasteiger partial charge in [-0.25, -0.2) is 4.39 Å². The van der Waals surface area contributed by atoms with Crippen molar-refractivity contribution in [2.45, 2.75) is 89.7 Å². The molecule has 16 heteroatoms. The number of non-ortho nitro benzene ring substituents is 2. The molecule has 2 N–H and O–H groups in total. The molecule has 8 rings (SSSR count). The first-order valence-electron chi connectivity index (χ1n) is 25.0. The molecule has 386 valence electrons. The lowest BCUT2D eigenvalue weighted by Gasteiger charge is -2.60. The van der Waals surface area contributed by atoms with E-state index in [9.17, 15) is 34.8 Å². The van der Waals surface area contributed by atoms with Crippen LogP contribution in [0.5, 0.6) is 17.2 Å². The first kappa shape index (κ1) is 52.8. The van der Waals surface area contributed by atoms with Crippen LogP contribution in [-0.4, -0.2) is 68.2 Å². The summed E-state index contributed by atoms with van der Waals surface area (Å²) in [4.78, 5) is 45.1. The number of hydrogen-bond acceptors (Lipinski definition) is 12. The van der Waals surface area contributed by atoms with Crippen molar-refractivity contribution in [2.24, 2.45) is 22.9 Å². The number of aryl methyl sites for hydroxylation is 2. The molecule has 5 aromatic rings. The number of allylic oxidation sites excluding steroid dienone is 1. The molecule has 0 radical (unpaired) electrons. The number of amides is 1. The van der Waals surface area contributed by atoms with Gasteiger partial charge in [0, 0.05) is 68.0 Å². The number of aliphatic hydroxyl groups excluding tert-OH is 2. The lowest BCUT2D eigenvalue weighted by atomic mass is 9.55. The maximum absolute atomic E-state index is 15.3. The number of nitro groups is 2. The average Bonchev–Trinajstić information content (AvgIpc) is 3.43. The van der Waals surface area contributed by atoms with Crippen LogP contribution >= 0.6 is 0 Å². The summed E-state index contributed by atoms with van der Waals surface area (Å²) < 4.78 is 35.7. The van der Waals surface area contributed by atoms with E-state index >= 15 is 4.79 Å². The van der Waals surface area contributed by atoms with E-state index in [1.54, 1.807) is 53.5 Å². The molecule has 1 aliphatic heterocycles. The van der Waals surface area contributed by atoms with E-state index in [1.165, 1.54) is 42.5 Å². The summed E-state index contributed by atoms with van der Waals surface area (Å²) in [5, 5.41) is 48.0. The summed E-state index contributed by atoms with van der Waals surface area (Å²) in [6.07, 6.45) is 10.8. The molecule has 5 aromatic carbocycles. The van der Waals surface area contributed by atoms with Crippen molar-refractivity contribution in [1.82, 2.24) is 4.90 Å². The molecule has 3 aliphatic rings. The zero-order valence-electron chi connectivity index (χ0n) is 41.5. The first-order valence-corrected chi connectivity index (χ1v) is 25.0. The van der Waals surface area contributed by atoms with Gasteiger partial charge in [0.1, 0.15) is 35.7 Å². The maximum atomic E-state index is 15.3. The van der Waals surface area contributed by atoms with E-state index < -0.39 is 39.3 Å². The smallest absolute Gasteiger partial charge is 0.269 e. The van der Waals surface area contributed by atoms with Crippen LogP contribution in [0.1, 0.15) is 84.2 Å². The number of nitrogens with zero attached hydrogens (tertiary/aromatic N) is 4. The Labute approximate surface area is 429 Å². The molecule has 1 fully saturated rings. The lowest BCUT2D eigenvalue weighted by molar-refractivity contribution is -0.385. The molecule has 1 saturated carbocycles. The van der Waals surface area contributed by atoms with Gasteiger partial charge >= 0.3 is 0 Å². The van der Waals surface area contributed by atoms with Crippen LogP contribution in [0.15, 0.2) is 145 Å². The van der Waals surface area contributed by atoms with Gasteiger partial charge in [-0.2, -0.15) is 0 Å². The van der Waals surface area contributed by atoms with Crippen molar-refractivity contribution >= 4 is 29.1 Å². The molecule has 1 heterocycles. The van der Waals surface area contributed by atoms with Crippen LogP contribution < -0.4 is 9.47 Å². The second-order valence-electron chi connectivity index (χ2n) is 19.1. The van der Waals surface area contributed by atoms with E-state index in [0.717, 1.165) is 35.1 Å². The number of carbonyl (C=O) groups is 1. The van der Waals surface area contributed by atoms with Gasteiger partial charge in [0.15, 0.2) is 0 Å². The van der Waals surface area contributed by atoms with Crippen molar-refractivity contribution < 1.29 is 48.3 Å². The SMILES string of the molecule is C=CCOC12Oc3ccc(Oc4ccc(C)c(C)c4)cc3C3C(CCCCO)C(CCCCO)C=C(C(=NOCc4ccc([N+](=O)[O-])cc4)CC1N(Cc1ccc(F)cc1)C(=O)C=Cc1ccc([N+](=O)[O-])cc1)C32. The predicted molar refractivity (Wildman–Crippen MR) is 278 cm³/mol. The van der Waals surface area contributed by atoms with Crippen LogP contribution in [0.4, 0.5) is 15.8 Å². The number of oxime groups is 1. The van der Waals surface area contributed by atoms with Gasteiger partial charge in [0.05, 0.1) is 28.1 Å². The maximum Gasteiger partial charge on any atom is 0.269 e. The number of rotatable bonds is 23. The molecule has 0 bridgehead atoms. The fourth-order valence-corrected chi connectivity index (χ4v) is 10.6. The number of halogens is 1. The summed E-state index contributed by atoms with van der Waals surface area (Å²) in [5.41, 5.74) is 5.94. The Morgan fingerprint density at radius 3 is 2.16 bits per heavy atom. The Hall–Kier alpha value is -7.53. The highest BCUT2D eigenvalue weighted by Gasteiger charge is 2.65. The molecule has 6 atom stereocenters. The lowest BCUT2D eigenvalue weighted by Crippen LogP contribution is -2.70. The number of unbranched alkanes of at least 4 members (excludes halogenated alkanes) is 2. The topological polar surface area (TPSA) is 196 Å². The van der Waals surface area contributed by atoms with Crippen molar-refractivity contribution in [2.75, 3.05) is 19.8 Å². The predicted octanol–water partition coefficient (Wildman–Crippen LogP) is 11.6. The van der Waals surface area contributed by atoms with Gasteiger partial charge < -0.3 is 34.2 Å². The third kappa shape index (κ3) is 11.9. The molecule has 74 heavy (non-hydrogen) atoms. The molecule has 15 nitrogen and oxygen atoms in total. The number of hydrogen-bond donors (Lipinski definition) is 2. The summed E-state index contributed by atoms with van der Waals surface area (Å²) >= 11 is 0. The van der Waals surface area contributed by atoms with Gasteiger partial charge in [-0.3, -0.25) is 25.0 Å². The Morgan fingerprint density at radius 1 is 0.851 bits per heavy atom. The average molecular weight is 1010 g/mol. The van der Waals surface area contributed by atoms with Gasteiger partial charge in [-0.15, -0.1) is 6.58 Å². The molecule has 0 spiro atoms. The standard InChI is InChI=1S/C58H61FN4O11/c1-4-31-71-58-54(61(36-41-12-19-44(59)20-13-41)55(66)28-18-40-14-21-45(22-15-40)62(67)68)35-52(60-72-37-42-16-23-46(24-17-42)63(69)70)50-33-43(9-5-7-29-64)49(10-6-8-30-65)56(57(50)58)51-34-48(26-27-53(51)74-58)73-47-25-11-38(2)39(3)32-47/h4,11-28,32-34,43,49,54,56-57,64-65H,1,5-10,29-31,35-37H2,2-3H3. The van der Waals surface area contributed by atoms with Gasteiger partial charge in [-0.1, -0.05) is 48.3 Å². The zero-order chi connectivity index (χ0) is 52.4. The highest BCUT2D eigenvalue weighted by Crippen LogP contribution is 2.62. The summed E-state index contributed by atoms with van der Waals surface area (Å²) in [6, 6.07) is 28.4. The fraction of sp³-hybridized carbons (Fsp3) is 0.345. The van der Waals surface area contributed by atoms with Crippen molar-refractivity contribution in [1.29, 1.82) is 0 Å². The van der Waals surface area contributed by atoms with Gasteiger partial charge in [-0.05, 0) is 158 Å². The van der Waals surface area contributed by atoms with Gasteiger partial charge in [0.25, 0.3) is 11.4 Å². The molecular weight excluding hydrogens is 948 g/mol. The second kappa shape index (κ2) is 24.0. The summed E-state index contributed by atoms with van der Waals surface area (Å²) in [6.45, 7) is 8.07. The second-order valence-corrected chi connectivity index (χ2v) is 19.1. The normalized spacial score (nSPS) is 21.2. The Kier molecular flexibility index (Phi) is 17.1. The number of nitro benzene ring substituents is 2. The van der Waals surface area contributed by atoms with Crippen molar-refractivity contribution in [3.05, 3.63) is 199 Å². The van der Waals surface area contributed by atoms with Crippen LogP contribution in [0.25, 0.3) is 6.08 Å². The Morgan fingerprint density at radius 2 is 1.50 bits per heavy atom. The Bertz CT molecular complexity index is 2910. The van der Waals surface area contributed by atoms with Crippen molar-refractivity contribution in [3.63, 3.8) is 0 Å². The van der Waals surface area contributed by atoms with E-state index in [4.69, 9.17) is 24.2 Å². The minimum Gasteiger partial charge on any atom is -0.459 e. The van der Waals surface area contributed by atoms with Crippen LogP contribution in [-0.2, 0) is 27.5 Å². The third-order valence-corrected chi connectivity index (χ3v) is 14.4. The van der Waals surface area contributed by atoms with E-state index in [-0.39, 0.29) is 68.5 Å². The Balaban J connectivity index is 1.34. The number of fused-ring (bicyclic) bond motifs is 2. The number of ether oxygens (including phenoxy) is 3. The minimum atomic E-state index is -1.65. The minimum absolute atomic E-state index is 0.00570. The molecular formula is C58H61FN4O11. The monoisotopic (exact) mass is 1010 g/mol. The fourth-order valence-electron chi connectivity index (χ4n) is 10.6. The summed E-state index contributed by atoms with van der Waals surface area (Å²) in [5.74, 6) is -2.05. The zero-order valence-corrected chi connectivity index (χ0v) is 41.5. The van der Waals surface area contributed by atoms with Crippen LogP contribution in [0.2, 0.25) is 0 Å². The largest absolute Gasteiger partial charge is 0.459 e. The van der Waals surface area contributed by atoms with Crippen molar-refractivity contribution in [3.8, 4) is 17.2 Å². The molecule has 2 aliphatic carbocycles. The molecule has 0 aromatic heterocycles. The van der Waals surface area contributed by atoms with Gasteiger partial charge in [0.2, 0.25) is 11.7 Å². The molecule has 1 amide bonds. The highest BCUT2D eigenvalue weighted by atomic mass is 19.1. The van der Waals surface area contributed by atoms with Crippen LogP contribution in [0, 0.1) is 57.6 Å².